The molecule has 1 saturated heterocycles. The fourth-order valence-corrected chi connectivity index (χ4v) is 3.17. The van der Waals surface area contributed by atoms with Crippen molar-refractivity contribution in [3.05, 3.63) is 64.0 Å². The predicted octanol–water partition coefficient (Wildman–Crippen LogP) is 4.15. The maximum Gasteiger partial charge on any atom is 0.295 e. The number of carbonyl (C=O) groups excluding carboxylic acids is 2. The number of halogens is 1. The molecule has 0 unspecified atom stereocenters. The number of amides is 2. The number of imide groups is 1. The van der Waals surface area contributed by atoms with E-state index < -0.39 is 0 Å². The van der Waals surface area contributed by atoms with Gasteiger partial charge in [0, 0.05) is 0 Å². The summed E-state index contributed by atoms with van der Waals surface area (Å²) < 4.78 is 0. The third-order valence-electron chi connectivity index (χ3n) is 3.37. The minimum atomic E-state index is -0.363. The number of nitrogens with zero attached hydrogens (tertiary/aromatic N) is 1. The lowest BCUT2D eigenvalue weighted by Gasteiger charge is -2.15. The van der Waals surface area contributed by atoms with Crippen molar-refractivity contribution in [2.24, 2.45) is 0 Å². The van der Waals surface area contributed by atoms with Crippen molar-refractivity contribution in [1.82, 2.24) is 4.90 Å². The third kappa shape index (κ3) is 3.55. The second-order valence-corrected chi connectivity index (χ2v) is 6.42. The number of thioether (sulfide) groups is 1. The monoisotopic (exact) mass is 360 g/mol. The molecule has 0 radical (unpaired) electrons. The number of rotatable bonds is 4. The van der Waals surface area contributed by atoms with Crippen LogP contribution >= 0.6 is 23.4 Å². The highest BCUT2D eigenvalue weighted by atomic mass is 35.5. The molecule has 0 spiro atoms. The molecule has 1 aliphatic heterocycles. The third-order valence-corrected chi connectivity index (χ3v) is 4.60. The number of hydrogen-bond acceptors (Lipinski definition) is 5. The lowest BCUT2D eigenvalue weighted by atomic mass is 10.2. The van der Waals surface area contributed by atoms with Crippen LogP contribution in [0.15, 0.2) is 53.4 Å². The van der Waals surface area contributed by atoms with Crippen molar-refractivity contribution in [3.8, 4) is 5.75 Å². The summed E-state index contributed by atoms with van der Waals surface area (Å²) in [5.41, 5.74) is 1.39. The van der Waals surface area contributed by atoms with Gasteiger partial charge >= 0.3 is 0 Å². The lowest BCUT2D eigenvalue weighted by molar-refractivity contribution is -0.122. The zero-order valence-electron chi connectivity index (χ0n) is 12.4. The van der Waals surface area contributed by atoms with Gasteiger partial charge in [0.05, 0.1) is 22.3 Å². The van der Waals surface area contributed by atoms with Gasteiger partial charge in [0.2, 0.25) is 0 Å². The molecule has 0 bridgehead atoms. The van der Waals surface area contributed by atoms with Gasteiger partial charge in [-0.3, -0.25) is 14.5 Å². The van der Waals surface area contributed by atoms with Crippen LogP contribution in [0.5, 0.6) is 5.75 Å². The molecule has 1 aliphatic rings. The summed E-state index contributed by atoms with van der Waals surface area (Å²) in [5.74, 6) is -0.221. The molecule has 0 aromatic heterocycles. The minimum Gasteiger partial charge on any atom is -0.508 e. The van der Waals surface area contributed by atoms with E-state index >= 15 is 0 Å². The number of hydrogen-bond donors (Lipinski definition) is 2. The number of anilines is 1. The van der Waals surface area contributed by atoms with E-state index in [1.54, 1.807) is 36.4 Å². The Labute approximate surface area is 147 Å². The Bertz CT molecular complexity index is 821. The number of aromatic hydroxyl groups is 1. The fraction of sp³-hybridized carbons (Fsp3) is 0.0588. The SMILES string of the molecule is O=C1S/C(=C\c2ccc(O)cc2)C(=O)N1CNc1ccccc1Cl. The van der Waals surface area contributed by atoms with Gasteiger partial charge in [-0.1, -0.05) is 35.9 Å². The molecule has 2 amide bonds. The largest absolute Gasteiger partial charge is 0.508 e. The Hall–Kier alpha value is -2.44. The first kappa shape index (κ1) is 16.4. The van der Waals surface area contributed by atoms with E-state index in [2.05, 4.69) is 5.32 Å². The predicted molar refractivity (Wildman–Crippen MR) is 95.9 cm³/mol. The van der Waals surface area contributed by atoms with Crippen LogP contribution in [0.2, 0.25) is 5.02 Å². The number of phenols is 1. The first-order valence-electron chi connectivity index (χ1n) is 7.07. The molecule has 122 valence electrons. The van der Waals surface area contributed by atoms with Crippen molar-refractivity contribution < 1.29 is 14.7 Å². The maximum atomic E-state index is 12.4. The zero-order valence-corrected chi connectivity index (χ0v) is 14.0. The summed E-state index contributed by atoms with van der Waals surface area (Å²) in [6.07, 6.45) is 1.62. The summed E-state index contributed by atoms with van der Waals surface area (Å²) >= 11 is 6.93. The molecule has 7 heteroatoms. The van der Waals surface area contributed by atoms with Crippen LogP contribution in [0.1, 0.15) is 5.56 Å². The normalized spacial score (nSPS) is 16.0. The van der Waals surface area contributed by atoms with Gasteiger partial charge in [0.15, 0.2) is 0 Å². The number of carbonyl (C=O) groups is 2. The molecule has 0 atom stereocenters. The number of phenolic OH excluding ortho intramolecular Hbond substituents is 1. The van der Waals surface area contributed by atoms with E-state index in [0.717, 1.165) is 22.2 Å². The quantitative estimate of drug-likeness (QED) is 0.801. The van der Waals surface area contributed by atoms with Crippen molar-refractivity contribution >= 4 is 46.3 Å². The highest BCUT2D eigenvalue weighted by Crippen LogP contribution is 2.32. The molecule has 2 N–H and O–H groups in total. The Morgan fingerprint density at radius 1 is 1.12 bits per heavy atom. The van der Waals surface area contributed by atoms with Gasteiger partial charge in [0.1, 0.15) is 5.75 Å². The molecule has 0 saturated carbocycles. The van der Waals surface area contributed by atoms with Crippen LogP contribution in [-0.2, 0) is 4.79 Å². The van der Waals surface area contributed by atoms with Crippen LogP contribution < -0.4 is 5.32 Å². The van der Waals surface area contributed by atoms with Crippen LogP contribution in [0.3, 0.4) is 0 Å². The summed E-state index contributed by atoms with van der Waals surface area (Å²) in [6, 6.07) is 13.5. The molecule has 2 aromatic rings. The summed E-state index contributed by atoms with van der Waals surface area (Å²) in [4.78, 5) is 25.9. The molecular formula is C17H13ClN2O3S. The standard InChI is InChI=1S/C17H13ClN2O3S/c18-13-3-1-2-4-14(13)19-10-20-16(22)15(24-17(20)23)9-11-5-7-12(21)8-6-11/h1-9,19,21H,10H2/b15-9-. The molecule has 5 nitrogen and oxygen atoms in total. The Kier molecular flexibility index (Phi) is 4.78. The van der Waals surface area contributed by atoms with E-state index in [0.29, 0.717) is 15.6 Å². The first-order chi connectivity index (χ1) is 11.5. The molecule has 2 aromatic carbocycles. The van der Waals surface area contributed by atoms with Gasteiger partial charge < -0.3 is 10.4 Å². The van der Waals surface area contributed by atoms with E-state index in [9.17, 15) is 14.7 Å². The minimum absolute atomic E-state index is 0.0430. The summed E-state index contributed by atoms with van der Waals surface area (Å²) in [5, 5.41) is 12.4. The van der Waals surface area contributed by atoms with Gasteiger partial charge in [0.25, 0.3) is 11.1 Å². The average molecular weight is 361 g/mol. The van der Waals surface area contributed by atoms with Crippen molar-refractivity contribution in [3.63, 3.8) is 0 Å². The second kappa shape index (κ2) is 6.98. The van der Waals surface area contributed by atoms with E-state index in [1.807, 2.05) is 6.07 Å². The van der Waals surface area contributed by atoms with E-state index in [-0.39, 0.29) is 23.6 Å². The topological polar surface area (TPSA) is 69.6 Å². The van der Waals surface area contributed by atoms with E-state index in [1.165, 1.54) is 12.1 Å². The summed E-state index contributed by atoms with van der Waals surface area (Å²) in [7, 11) is 0. The highest BCUT2D eigenvalue weighted by Gasteiger charge is 2.34. The maximum absolute atomic E-state index is 12.4. The zero-order chi connectivity index (χ0) is 17.1. The number of nitrogens with one attached hydrogen (secondary N) is 1. The van der Waals surface area contributed by atoms with Crippen LogP contribution in [0.25, 0.3) is 6.08 Å². The molecule has 1 fully saturated rings. The van der Waals surface area contributed by atoms with Gasteiger partial charge in [-0.25, -0.2) is 0 Å². The fourth-order valence-electron chi connectivity index (χ4n) is 2.13. The Morgan fingerprint density at radius 3 is 2.54 bits per heavy atom. The molecule has 3 rings (SSSR count). The van der Waals surface area contributed by atoms with Crippen LogP contribution in [0, 0.1) is 0 Å². The molecule has 1 heterocycles. The molecule has 24 heavy (non-hydrogen) atoms. The van der Waals surface area contributed by atoms with Gasteiger partial charge in [-0.05, 0) is 47.7 Å². The summed E-state index contributed by atoms with van der Waals surface area (Å²) in [6.45, 7) is 0.0430. The van der Waals surface area contributed by atoms with Crippen molar-refractivity contribution in [2.45, 2.75) is 0 Å². The molecular weight excluding hydrogens is 348 g/mol. The highest BCUT2D eigenvalue weighted by molar-refractivity contribution is 8.18. The van der Waals surface area contributed by atoms with E-state index in [4.69, 9.17) is 11.6 Å². The first-order valence-corrected chi connectivity index (χ1v) is 8.27. The molecule has 0 aliphatic carbocycles. The number of benzene rings is 2. The van der Waals surface area contributed by atoms with Gasteiger partial charge in [-0.15, -0.1) is 0 Å². The van der Waals surface area contributed by atoms with Crippen LogP contribution in [-0.4, -0.2) is 27.8 Å². The second-order valence-electron chi connectivity index (χ2n) is 5.02. The lowest BCUT2D eigenvalue weighted by Crippen LogP contribution is -2.33. The smallest absolute Gasteiger partial charge is 0.295 e. The average Bonchev–Trinajstić information content (AvgIpc) is 2.83. The van der Waals surface area contributed by atoms with Crippen molar-refractivity contribution in [2.75, 3.05) is 12.0 Å². The Balaban J connectivity index is 1.72. The van der Waals surface area contributed by atoms with Crippen molar-refractivity contribution in [1.29, 1.82) is 0 Å². The Morgan fingerprint density at radius 2 is 1.83 bits per heavy atom. The van der Waals surface area contributed by atoms with Gasteiger partial charge in [-0.2, -0.15) is 0 Å². The number of para-hydroxylation sites is 1. The van der Waals surface area contributed by atoms with Crippen LogP contribution in [0.4, 0.5) is 10.5 Å².